The number of nitrogens with two attached hydrogens (primary N) is 1. The lowest BCUT2D eigenvalue weighted by Crippen LogP contribution is -2.27. The van der Waals surface area contributed by atoms with Crippen LogP contribution in [-0.4, -0.2) is 24.7 Å². The molecule has 0 heterocycles. The van der Waals surface area contributed by atoms with E-state index in [0.717, 1.165) is 0 Å². The Bertz CT molecular complexity index is 393. The monoisotopic (exact) mass is 226 g/mol. The summed E-state index contributed by atoms with van der Waals surface area (Å²) in [6.45, 7) is 0. The van der Waals surface area contributed by atoms with Crippen LogP contribution in [0.3, 0.4) is 0 Å². The van der Waals surface area contributed by atoms with E-state index < -0.39 is 5.91 Å². The van der Waals surface area contributed by atoms with Crippen molar-refractivity contribution in [3.8, 4) is 0 Å². The third-order valence-electron chi connectivity index (χ3n) is 2.01. The highest BCUT2D eigenvalue weighted by atomic mass is 35.5. The van der Waals surface area contributed by atoms with Crippen molar-refractivity contribution in [2.75, 3.05) is 17.8 Å². The van der Waals surface area contributed by atoms with Gasteiger partial charge in [0.15, 0.2) is 0 Å². The van der Waals surface area contributed by atoms with Gasteiger partial charge in [0.25, 0.3) is 0 Å². The summed E-state index contributed by atoms with van der Waals surface area (Å²) in [6, 6.07) is 6.50. The molecule has 1 aromatic carbocycles. The molecule has 1 rings (SSSR count). The molecule has 0 saturated carbocycles. The zero-order valence-electron chi connectivity index (χ0n) is 8.24. The lowest BCUT2D eigenvalue weighted by Gasteiger charge is -2.16. The van der Waals surface area contributed by atoms with Crippen LogP contribution in [0.4, 0.5) is 5.69 Å². The van der Waals surface area contributed by atoms with Crippen molar-refractivity contribution in [3.05, 3.63) is 29.8 Å². The molecule has 1 aromatic rings. The summed E-state index contributed by atoms with van der Waals surface area (Å²) in [6.07, 6.45) is 0. The molecule has 0 bridgehead atoms. The normalized spacial score (nSPS) is 9.73. The zero-order chi connectivity index (χ0) is 11.4. The molecule has 4 nitrogen and oxygen atoms in total. The largest absolute Gasteiger partial charge is 0.366 e. The first kappa shape index (κ1) is 11.5. The Morgan fingerprint density at radius 3 is 2.67 bits per heavy atom. The lowest BCUT2D eigenvalue weighted by molar-refractivity contribution is -0.116. The van der Waals surface area contributed by atoms with E-state index in [1.807, 2.05) is 0 Å². The van der Waals surface area contributed by atoms with Crippen molar-refractivity contribution in [1.82, 2.24) is 0 Å². The number of primary amides is 1. The average Bonchev–Trinajstić information content (AvgIpc) is 2.27. The zero-order valence-corrected chi connectivity index (χ0v) is 8.99. The highest BCUT2D eigenvalue weighted by Gasteiger charge is 2.10. The fraction of sp³-hybridized carbons (Fsp3) is 0.200. The lowest BCUT2D eigenvalue weighted by atomic mass is 10.2. The summed E-state index contributed by atoms with van der Waals surface area (Å²) >= 11 is 5.42. The molecular weight excluding hydrogens is 216 g/mol. The van der Waals surface area contributed by atoms with Gasteiger partial charge in [-0.05, 0) is 18.2 Å². The third kappa shape index (κ3) is 2.70. The number of carbonyl (C=O) groups is 2. The predicted octanol–water partition coefficient (Wildman–Crippen LogP) is 0.987. The van der Waals surface area contributed by atoms with Gasteiger partial charge < -0.3 is 10.6 Å². The second kappa shape index (κ2) is 4.79. The van der Waals surface area contributed by atoms with E-state index in [0.29, 0.717) is 11.3 Å². The maximum absolute atomic E-state index is 11.3. The number of amides is 2. The maximum atomic E-state index is 11.3. The summed E-state index contributed by atoms with van der Waals surface area (Å²) in [5, 5.41) is 0. The van der Waals surface area contributed by atoms with Gasteiger partial charge in [-0.2, -0.15) is 0 Å². The Morgan fingerprint density at radius 1 is 1.47 bits per heavy atom. The van der Waals surface area contributed by atoms with Crippen LogP contribution in [0.15, 0.2) is 24.3 Å². The number of hydrogen-bond donors (Lipinski definition) is 1. The Morgan fingerprint density at radius 2 is 2.13 bits per heavy atom. The van der Waals surface area contributed by atoms with Crippen LogP contribution in [0, 0.1) is 0 Å². The highest BCUT2D eigenvalue weighted by Crippen LogP contribution is 2.14. The predicted molar refractivity (Wildman–Crippen MR) is 59.1 cm³/mol. The first-order valence-corrected chi connectivity index (χ1v) is 4.82. The second-order valence-corrected chi connectivity index (χ2v) is 3.27. The number of alkyl halides is 1. The van der Waals surface area contributed by atoms with Gasteiger partial charge in [0.1, 0.15) is 5.88 Å². The van der Waals surface area contributed by atoms with Gasteiger partial charge in [-0.25, -0.2) is 0 Å². The van der Waals surface area contributed by atoms with Gasteiger partial charge in [-0.15, -0.1) is 11.6 Å². The molecule has 2 N–H and O–H groups in total. The summed E-state index contributed by atoms with van der Waals surface area (Å²) in [5.41, 5.74) is 6.08. The molecule has 5 heteroatoms. The fourth-order valence-electron chi connectivity index (χ4n) is 1.10. The van der Waals surface area contributed by atoms with E-state index >= 15 is 0 Å². The van der Waals surface area contributed by atoms with Crippen LogP contribution in [0.25, 0.3) is 0 Å². The molecule has 0 atom stereocenters. The van der Waals surface area contributed by atoms with E-state index in [-0.39, 0.29) is 11.8 Å². The van der Waals surface area contributed by atoms with Gasteiger partial charge in [0.05, 0.1) is 0 Å². The van der Waals surface area contributed by atoms with Gasteiger partial charge in [-0.1, -0.05) is 6.07 Å². The van der Waals surface area contributed by atoms with Crippen LogP contribution in [0.1, 0.15) is 10.4 Å². The molecule has 0 unspecified atom stereocenters. The number of hydrogen-bond acceptors (Lipinski definition) is 2. The topological polar surface area (TPSA) is 63.4 Å². The van der Waals surface area contributed by atoms with E-state index in [2.05, 4.69) is 0 Å². The van der Waals surface area contributed by atoms with Crippen molar-refractivity contribution < 1.29 is 9.59 Å². The minimum atomic E-state index is -0.524. The number of rotatable bonds is 3. The van der Waals surface area contributed by atoms with Crippen molar-refractivity contribution in [2.24, 2.45) is 5.73 Å². The smallest absolute Gasteiger partial charge is 0.248 e. The number of benzene rings is 1. The minimum absolute atomic E-state index is 0.0999. The molecule has 0 aliphatic carbocycles. The quantitative estimate of drug-likeness (QED) is 0.782. The fourth-order valence-corrected chi connectivity index (χ4v) is 1.28. The van der Waals surface area contributed by atoms with Gasteiger partial charge in [0.2, 0.25) is 11.8 Å². The first-order valence-electron chi connectivity index (χ1n) is 4.28. The van der Waals surface area contributed by atoms with Crippen LogP contribution in [0.5, 0.6) is 0 Å². The third-order valence-corrected chi connectivity index (χ3v) is 2.24. The number of carbonyl (C=O) groups excluding carboxylic acids is 2. The standard InChI is InChI=1S/C10H11ClN2O2/c1-13(9(14)6-11)8-4-2-3-7(5-8)10(12)15/h2-5H,6H2,1H3,(H2,12,15). The van der Waals surface area contributed by atoms with Crippen LogP contribution in [-0.2, 0) is 4.79 Å². The van der Waals surface area contributed by atoms with E-state index in [1.54, 1.807) is 31.3 Å². The molecule has 80 valence electrons. The summed E-state index contributed by atoms with van der Waals surface area (Å²) in [4.78, 5) is 23.6. The van der Waals surface area contributed by atoms with E-state index in [9.17, 15) is 9.59 Å². The van der Waals surface area contributed by atoms with Crippen LogP contribution >= 0.6 is 11.6 Å². The Kier molecular flexibility index (Phi) is 3.68. The molecule has 0 fully saturated rings. The molecule has 0 aliphatic heterocycles. The average molecular weight is 227 g/mol. The Labute approximate surface area is 92.6 Å². The second-order valence-electron chi connectivity index (χ2n) is 3.00. The van der Waals surface area contributed by atoms with Crippen molar-refractivity contribution in [2.45, 2.75) is 0 Å². The van der Waals surface area contributed by atoms with Crippen LogP contribution in [0.2, 0.25) is 0 Å². The van der Waals surface area contributed by atoms with Crippen molar-refractivity contribution in [1.29, 1.82) is 0 Å². The summed E-state index contributed by atoms with van der Waals surface area (Å²) < 4.78 is 0. The Hall–Kier alpha value is -1.55. The SMILES string of the molecule is CN(C(=O)CCl)c1cccc(C(N)=O)c1. The molecule has 15 heavy (non-hydrogen) atoms. The minimum Gasteiger partial charge on any atom is -0.366 e. The molecule has 0 aliphatic rings. The number of nitrogens with zero attached hydrogens (tertiary/aromatic N) is 1. The van der Waals surface area contributed by atoms with E-state index in [4.69, 9.17) is 17.3 Å². The van der Waals surface area contributed by atoms with Gasteiger partial charge in [-0.3, -0.25) is 9.59 Å². The highest BCUT2D eigenvalue weighted by molar-refractivity contribution is 6.29. The van der Waals surface area contributed by atoms with Crippen molar-refractivity contribution in [3.63, 3.8) is 0 Å². The number of halogens is 1. The van der Waals surface area contributed by atoms with Gasteiger partial charge in [0, 0.05) is 18.3 Å². The number of anilines is 1. The molecule has 0 spiro atoms. The van der Waals surface area contributed by atoms with E-state index in [1.165, 1.54) is 4.90 Å². The molecule has 0 aromatic heterocycles. The van der Waals surface area contributed by atoms with Crippen molar-refractivity contribution >= 4 is 29.1 Å². The summed E-state index contributed by atoms with van der Waals surface area (Å²) in [7, 11) is 1.59. The van der Waals surface area contributed by atoms with Gasteiger partial charge >= 0.3 is 0 Å². The van der Waals surface area contributed by atoms with Crippen LogP contribution < -0.4 is 10.6 Å². The Balaban J connectivity index is 3.00. The molecular formula is C10H11ClN2O2. The molecule has 0 radical (unpaired) electrons. The maximum Gasteiger partial charge on any atom is 0.248 e. The summed E-state index contributed by atoms with van der Waals surface area (Å²) in [5.74, 6) is -0.862. The molecule has 2 amide bonds. The molecule has 0 saturated heterocycles. The first-order chi connectivity index (χ1) is 7.06.